The normalized spacial score (nSPS) is 10.8. The van der Waals surface area contributed by atoms with Crippen LogP contribution in [0.5, 0.6) is 5.75 Å². The third-order valence-corrected chi connectivity index (χ3v) is 2.72. The van der Waals surface area contributed by atoms with E-state index >= 15 is 0 Å². The number of hydrogen-bond acceptors (Lipinski definition) is 4. The largest absolute Gasteiger partial charge is 0.435 e. The van der Waals surface area contributed by atoms with Crippen molar-refractivity contribution in [2.45, 2.75) is 27.0 Å². The van der Waals surface area contributed by atoms with Crippen LogP contribution in [0.1, 0.15) is 13.8 Å². The lowest BCUT2D eigenvalue weighted by Gasteiger charge is -2.09. The fraction of sp³-hybridized carbons (Fsp3) is 0.385. The molecule has 0 aliphatic heterocycles. The van der Waals surface area contributed by atoms with Gasteiger partial charge in [-0.3, -0.25) is 4.57 Å². The Kier molecular flexibility index (Phi) is 4.49. The van der Waals surface area contributed by atoms with E-state index in [4.69, 9.17) is 0 Å². The maximum atomic E-state index is 12.2. The summed E-state index contributed by atoms with van der Waals surface area (Å²) in [4.78, 5) is 0. The van der Waals surface area contributed by atoms with Gasteiger partial charge in [0.2, 0.25) is 5.95 Å². The molecule has 0 spiro atoms. The number of rotatable bonds is 6. The Morgan fingerprint density at radius 3 is 2.75 bits per heavy atom. The fourth-order valence-corrected chi connectivity index (χ4v) is 1.92. The van der Waals surface area contributed by atoms with E-state index in [0.29, 0.717) is 23.9 Å². The maximum absolute atomic E-state index is 12.2. The first kappa shape index (κ1) is 14.2. The molecule has 0 saturated heterocycles. The van der Waals surface area contributed by atoms with Crippen LogP contribution in [0.3, 0.4) is 0 Å². The Labute approximate surface area is 115 Å². The zero-order chi connectivity index (χ0) is 14.5. The van der Waals surface area contributed by atoms with Gasteiger partial charge in [-0.15, -0.1) is 10.2 Å². The van der Waals surface area contributed by atoms with Crippen LogP contribution >= 0.6 is 0 Å². The van der Waals surface area contributed by atoms with Crippen LogP contribution in [0, 0.1) is 0 Å². The van der Waals surface area contributed by atoms with Gasteiger partial charge >= 0.3 is 6.61 Å². The molecule has 20 heavy (non-hydrogen) atoms. The summed E-state index contributed by atoms with van der Waals surface area (Å²) in [6.07, 6.45) is 0. The van der Waals surface area contributed by atoms with Crippen LogP contribution in [-0.2, 0) is 6.54 Å². The first-order chi connectivity index (χ1) is 9.65. The molecule has 108 valence electrons. The third-order valence-electron chi connectivity index (χ3n) is 2.72. The first-order valence-electron chi connectivity index (χ1n) is 6.38. The summed E-state index contributed by atoms with van der Waals surface area (Å²) in [6, 6.07) is 6.43. The van der Waals surface area contributed by atoms with Crippen molar-refractivity contribution in [2.24, 2.45) is 0 Å². The van der Waals surface area contributed by atoms with Crippen molar-refractivity contribution < 1.29 is 13.5 Å². The van der Waals surface area contributed by atoms with E-state index in [1.165, 1.54) is 12.1 Å². The summed E-state index contributed by atoms with van der Waals surface area (Å²) in [5, 5.41) is 11.3. The van der Waals surface area contributed by atoms with Crippen molar-refractivity contribution in [3.8, 4) is 17.1 Å². The molecule has 0 atom stereocenters. The molecule has 1 aromatic carbocycles. The van der Waals surface area contributed by atoms with E-state index in [1.807, 2.05) is 18.4 Å². The topological polar surface area (TPSA) is 52.0 Å². The molecule has 0 radical (unpaired) electrons. The molecular formula is C13H16F2N4O. The zero-order valence-electron chi connectivity index (χ0n) is 11.3. The summed E-state index contributed by atoms with van der Waals surface area (Å²) in [6.45, 7) is 2.49. The second-order valence-corrected chi connectivity index (χ2v) is 4.03. The molecule has 0 aliphatic carbocycles. The predicted molar refractivity (Wildman–Crippen MR) is 71.9 cm³/mol. The molecule has 1 heterocycles. The molecule has 5 nitrogen and oxygen atoms in total. The Morgan fingerprint density at radius 1 is 1.30 bits per heavy atom. The van der Waals surface area contributed by atoms with Crippen LogP contribution in [0.4, 0.5) is 14.7 Å². The van der Waals surface area contributed by atoms with Gasteiger partial charge in [-0.25, -0.2) is 0 Å². The molecule has 0 aliphatic rings. The average Bonchev–Trinajstić information content (AvgIpc) is 2.81. The van der Waals surface area contributed by atoms with Crippen molar-refractivity contribution in [3.05, 3.63) is 24.3 Å². The molecule has 2 rings (SSSR count). The number of nitrogens with one attached hydrogen (secondary N) is 1. The van der Waals surface area contributed by atoms with Crippen molar-refractivity contribution in [2.75, 3.05) is 11.9 Å². The molecule has 0 fully saturated rings. The highest BCUT2D eigenvalue weighted by atomic mass is 19.3. The standard InChI is InChI=1S/C13H16F2N4O/c1-3-16-13-18-17-11(19(13)4-2)9-6-5-7-10(8-9)20-12(14)15/h5-8,12H,3-4H2,1-2H3,(H,16,18). The number of anilines is 1. The minimum absolute atomic E-state index is 0.105. The molecule has 0 unspecified atom stereocenters. The lowest BCUT2D eigenvalue weighted by molar-refractivity contribution is -0.0498. The molecular weight excluding hydrogens is 266 g/mol. The molecule has 2 aromatic rings. The van der Waals surface area contributed by atoms with Gasteiger partial charge in [0.25, 0.3) is 0 Å². The van der Waals surface area contributed by atoms with E-state index in [9.17, 15) is 8.78 Å². The number of ether oxygens (including phenoxy) is 1. The number of aromatic nitrogens is 3. The second kappa shape index (κ2) is 6.31. The highest BCUT2D eigenvalue weighted by molar-refractivity contribution is 5.59. The number of hydrogen-bond donors (Lipinski definition) is 1. The van der Waals surface area contributed by atoms with Gasteiger partial charge in [0, 0.05) is 18.7 Å². The summed E-state index contributed by atoms with van der Waals surface area (Å²) in [5.41, 5.74) is 0.682. The van der Waals surface area contributed by atoms with E-state index in [-0.39, 0.29) is 5.75 Å². The highest BCUT2D eigenvalue weighted by Crippen LogP contribution is 2.25. The van der Waals surface area contributed by atoms with Gasteiger partial charge in [0.05, 0.1) is 0 Å². The molecule has 0 bridgehead atoms. The van der Waals surface area contributed by atoms with Crippen LogP contribution in [0.15, 0.2) is 24.3 Å². The molecule has 1 N–H and O–H groups in total. The predicted octanol–water partition coefficient (Wildman–Crippen LogP) is 3.00. The van der Waals surface area contributed by atoms with Crippen LogP contribution in [-0.4, -0.2) is 27.9 Å². The lowest BCUT2D eigenvalue weighted by atomic mass is 10.2. The van der Waals surface area contributed by atoms with E-state index in [1.54, 1.807) is 12.1 Å². The Hall–Kier alpha value is -2.18. The van der Waals surface area contributed by atoms with Gasteiger partial charge < -0.3 is 10.1 Å². The van der Waals surface area contributed by atoms with Crippen LogP contribution < -0.4 is 10.1 Å². The van der Waals surface area contributed by atoms with Crippen molar-refractivity contribution in [1.29, 1.82) is 0 Å². The number of alkyl halides is 2. The second-order valence-electron chi connectivity index (χ2n) is 4.03. The number of halogens is 2. The summed E-state index contributed by atoms with van der Waals surface area (Å²) >= 11 is 0. The summed E-state index contributed by atoms with van der Waals surface area (Å²) in [7, 11) is 0. The van der Waals surface area contributed by atoms with Gasteiger partial charge in [-0.2, -0.15) is 8.78 Å². The van der Waals surface area contributed by atoms with Crippen molar-refractivity contribution >= 4 is 5.95 Å². The van der Waals surface area contributed by atoms with E-state index in [2.05, 4.69) is 20.3 Å². The van der Waals surface area contributed by atoms with Gasteiger partial charge in [0.1, 0.15) is 5.75 Å². The van der Waals surface area contributed by atoms with E-state index < -0.39 is 6.61 Å². The Bertz CT molecular complexity index is 571. The summed E-state index contributed by atoms with van der Waals surface area (Å²) in [5.74, 6) is 1.38. The van der Waals surface area contributed by atoms with Crippen molar-refractivity contribution in [3.63, 3.8) is 0 Å². The smallest absolute Gasteiger partial charge is 0.387 e. The average molecular weight is 282 g/mol. The molecule has 7 heteroatoms. The number of benzene rings is 1. The molecule has 0 saturated carbocycles. The quantitative estimate of drug-likeness (QED) is 0.885. The minimum Gasteiger partial charge on any atom is -0.435 e. The van der Waals surface area contributed by atoms with Gasteiger partial charge in [0.15, 0.2) is 5.82 Å². The minimum atomic E-state index is -2.84. The molecule has 1 aromatic heterocycles. The van der Waals surface area contributed by atoms with Gasteiger partial charge in [-0.05, 0) is 26.0 Å². The van der Waals surface area contributed by atoms with Crippen molar-refractivity contribution in [1.82, 2.24) is 14.8 Å². The monoisotopic (exact) mass is 282 g/mol. The molecule has 0 amide bonds. The number of nitrogens with zero attached hydrogens (tertiary/aromatic N) is 3. The van der Waals surface area contributed by atoms with Crippen LogP contribution in [0.2, 0.25) is 0 Å². The SMILES string of the molecule is CCNc1nnc(-c2cccc(OC(F)F)c2)n1CC. The summed E-state index contributed by atoms with van der Waals surface area (Å²) < 4.78 is 30.8. The Morgan fingerprint density at radius 2 is 2.10 bits per heavy atom. The first-order valence-corrected chi connectivity index (χ1v) is 6.38. The maximum Gasteiger partial charge on any atom is 0.387 e. The fourth-order valence-electron chi connectivity index (χ4n) is 1.92. The third kappa shape index (κ3) is 3.04. The Balaban J connectivity index is 2.36. The lowest BCUT2D eigenvalue weighted by Crippen LogP contribution is -2.07. The van der Waals surface area contributed by atoms with E-state index in [0.717, 1.165) is 6.54 Å². The highest BCUT2D eigenvalue weighted by Gasteiger charge is 2.13. The zero-order valence-corrected chi connectivity index (χ0v) is 11.3. The van der Waals surface area contributed by atoms with Gasteiger partial charge in [-0.1, -0.05) is 12.1 Å². The van der Waals surface area contributed by atoms with Crippen LogP contribution in [0.25, 0.3) is 11.4 Å².